The summed E-state index contributed by atoms with van der Waals surface area (Å²) in [6.45, 7) is -0.802. The van der Waals surface area contributed by atoms with Gasteiger partial charge in [-0.05, 0) is 30.5 Å². The molecule has 3 heterocycles. The van der Waals surface area contributed by atoms with E-state index in [1.165, 1.54) is 12.1 Å². The van der Waals surface area contributed by atoms with Crippen molar-refractivity contribution in [1.82, 2.24) is 4.90 Å². The zero-order chi connectivity index (χ0) is 17.4. The normalized spacial score (nSPS) is 24.2. The van der Waals surface area contributed by atoms with Crippen molar-refractivity contribution in [2.45, 2.75) is 36.6 Å². The highest BCUT2D eigenvalue weighted by Crippen LogP contribution is 2.40. The maximum absolute atomic E-state index is 13.2. The average Bonchev–Trinajstić information content (AvgIpc) is 2.98. The Kier molecular flexibility index (Phi) is 5.38. The van der Waals surface area contributed by atoms with Crippen LogP contribution in [0.4, 0.5) is 4.79 Å². The average molecular weight is 371 g/mol. The molecule has 1 saturated heterocycles. The second kappa shape index (κ2) is 7.01. The molecule has 138 valence electrons. The molecule has 1 amide bonds. The minimum absolute atomic E-state index is 0. The monoisotopic (exact) mass is 371 g/mol. The summed E-state index contributed by atoms with van der Waals surface area (Å²) < 4.78 is 36.7. The SMILES string of the molecule is C.O=C(O)COC[C@@]12CCCN1C(=O)OCc1ccc(cc1)S2(=O)=O. The third kappa shape index (κ3) is 3.21. The molecule has 0 unspecified atom stereocenters. The first-order chi connectivity index (χ1) is 11.4. The van der Waals surface area contributed by atoms with Crippen molar-refractivity contribution in [3.63, 3.8) is 0 Å². The zero-order valence-corrected chi connectivity index (χ0v) is 13.6. The lowest BCUT2D eigenvalue weighted by Crippen LogP contribution is -2.56. The molecule has 3 aliphatic rings. The summed E-state index contributed by atoms with van der Waals surface area (Å²) in [4.78, 5) is 22.6. The molecule has 1 fully saturated rings. The number of benzene rings is 1. The summed E-state index contributed by atoms with van der Waals surface area (Å²) in [7, 11) is -3.97. The van der Waals surface area contributed by atoms with Crippen molar-refractivity contribution < 1.29 is 32.6 Å². The van der Waals surface area contributed by atoms with E-state index < -0.39 is 40.0 Å². The van der Waals surface area contributed by atoms with Crippen LogP contribution in [-0.2, 0) is 30.7 Å². The Hall–Kier alpha value is -2.13. The number of ether oxygens (including phenoxy) is 2. The highest BCUT2D eigenvalue weighted by atomic mass is 32.2. The molecule has 0 radical (unpaired) electrons. The third-order valence-electron chi connectivity index (χ3n) is 4.31. The Morgan fingerprint density at radius 2 is 2.00 bits per heavy atom. The van der Waals surface area contributed by atoms with E-state index in [2.05, 4.69) is 0 Å². The van der Waals surface area contributed by atoms with Crippen molar-refractivity contribution in [2.75, 3.05) is 19.8 Å². The highest BCUT2D eigenvalue weighted by molar-refractivity contribution is 7.92. The number of carboxylic acids is 1. The molecule has 1 atom stereocenters. The lowest BCUT2D eigenvalue weighted by molar-refractivity contribution is -0.142. The van der Waals surface area contributed by atoms with Gasteiger partial charge in [-0.2, -0.15) is 0 Å². The minimum atomic E-state index is -3.97. The van der Waals surface area contributed by atoms with Gasteiger partial charge in [0.1, 0.15) is 13.2 Å². The molecule has 9 heteroatoms. The van der Waals surface area contributed by atoms with Gasteiger partial charge >= 0.3 is 12.1 Å². The van der Waals surface area contributed by atoms with Gasteiger partial charge in [0.25, 0.3) is 0 Å². The van der Waals surface area contributed by atoms with Crippen LogP contribution in [0.15, 0.2) is 29.2 Å². The fraction of sp³-hybridized carbons (Fsp3) is 0.500. The van der Waals surface area contributed by atoms with Gasteiger partial charge in [0, 0.05) is 6.54 Å². The summed E-state index contributed by atoms with van der Waals surface area (Å²) >= 11 is 0. The van der Waals surface area contributed by atoms with E-state index in [-0.39, 0.29) is 31.9 Å². The van der Waals surface area contributed by atoms with Crippen molar-refractivity contribution in [1.29, 1.82) is 0 Å². The molecule has 2 bridgehead atoms. The van der Waals surface area contributed by atoms with Gasteiger partial charge in [0.15, 0.2) is 4.87 Å². The molecule has 25 heavy (non-hydrogen) atoms. The van der Waals surface area contributed by atoms with Crippen LogP contribution >= 0.6 is 0 Å². The lowest BCUT2D eigenvalue weighted by atomic mass is 10.2. The quantitative estimate of drug-likeness (QED) is 0.856. The number of amides is 1. The third-order valence-corrected chi connectivity index (χ3v) is 6.75. The number of hydrogen-bond acceptors (Lipinski definition) is 6. The van der Waals surface area contributed by atoms with E-state index in [1.54, 1.807) is 12.1 Å². The smallest absolute Gasteiger partial charge is 0.411 e. The predicted octanol–water partition coefficient (Wildman–Crippen LogP) is 1.64. The van der Waals surface area contributed by atoms with Crippen LogP contribution in [0.5, 0.6) is 0 Å². The molecule has 1 N–H and O–H groups in total. The topological polar surface area (TPSA) is 110 Å². The standard InChI is InChI=1S/C15H17NO7S.CH4/c17-13(18)9-22-10-15-6-1-7-16(15)14(19)23-8-11-2-4-12(5-3-11)24(15,20)21;/h2-5H,1,6-10H2,(H,17,18);1H4/t15-;/m0./s1. The van der Waals surface area contributed by atoms with Crippen LogP contribution in [0, 0.1) is 0 Å². The Bertz CT molecular complexity index is 759. The highest BCUT2D eigenvalue weighted by Gasteiger charge is 2.55. The summed E-state index contributed by atoms with van der Waals surface area (Å²) in [6.07, 6.45) is -0.120. The van der Waals surface area contributed by atoms with Gasteiger partial charge in [0.05, 0.1) is 11.5 Å². The Labute approximate surface area is 146 Å². The van der Waals surface area contributed by atoms with Crippen molar-refractivity contribution in [3.05, 3.63) is 29.8 Å². The molecule has 8 nitrogen and oxygen atoms in total. The maximum Gasteiger partial charge on any atom is 0.411 e. The molecular weight excluding hydrogens is 350 g/mol. The number of fused-ring (bicyclic) bond motifs is 4. The molecule has 0 aromatic heterocycles. The van der Waals surface area contributed by atoms with E-state index in [1.807, 2.05) is 0 Å². The van der Waals surface area contributed by atoms with E-state index in [0.717, 1.165) is 4.90 Å². The largest absolute Gasteiger partial charge is 0.480 e. The van der Waals surface area contributed by atoms with Crippen LogP contribution in [0.2, 0.25) is 0 Å². The molecule has 1 aromatic carbocycles. The molecule has 0 spiro atoms. The summed E-state index contributed by atoms with van der Waals surface area (Å²) in [5.41, 5.74) is 0.691. The molecular formula is C16H21NO7S. The van der Waals surface area contributed by atoms with Gasteiger partial charge in [-0.25, -0.2) is 18.0 Å². The predicted molar refractivity (Wildman–Crippen MR) is 87.7 cm³/mol. The summed E-state index contributed by atoms with van der Waals surface area (Å²) in [5.74, 6) is -1.21. The first-order valence-electron chi connectivity index (χ1n) is 7.44. The molecule has 4 rings (SSSR count). The maximum atomic E-state index is 13.2. The van der Waals surface area contributed by atoms with Crippen molar-refractivity contribution in [3.8, 4) is 0 Å². The van der Waals surface area contributed by atoms with E-state index in [0.29, 0.717) is 12.0 Å². The lowest BCUT2D eigenvalue weighted by Gasteiger charge is -2.37. The number of carbonyl (C=O) groups is 2. The number of carboxylic acid groups (broad SMARTS) is 1. The first kappa shape index (κ1) is 19.2. The van der Waals surface area contributed by atoms with Gasteiger partial charge in [-0.3, -0.25) is 4.90 Å². The first-order valence-corrected chi connectivity index (χ1v) is 8.93. The Morgan fingerprint density at radius 3 is 2.64 bits per heavy atom. The number of rotatable bonds is 4. The van der Waals surface area contributed by atoms with Gasteiger partial charge < -0.3 is 14.6 Å². The number of aliphatic carboxylic acids is 1. The molecule has 3 aliphatic heterocycles. The van der Waals surface area contributed by atoms with Gasteiger partial charge in [0.2, 0.25) is 9.84 Å². The Balaban J connectivity index is 0.00000225. The summed E-state index contributed by atoms with van der Waals surface area (Å²) in [5, 5.41) is 8.74. The fourth-order valence-corrected chi connectivity index (χ4v) is 5.16. The molecule has 0 saturated carbocycles. The van der Waals surface area contributed by atoms with Gasteiger partial charge in [-0.15, -0.1) is 0 Å². The van der Waals surface area contributed by atoms with Crippen LogP contribution < -0.4 is 0 Å². The van der Waals surface area contributed by atoms with Crippen LogP contribution in [0.25, 0.3) is 0 Å². The van der Waals surface area contributed by atoms with Crippen molar-refractivity contribution >= 4 is 21.9 Å². The van der Waals surface area contributed by atoms with Crippen LogP contribution in [-0.4, -0.2) is 55.1 Å². The fourth-order valence-electron chi connectivity index (χ4n) is 3.12. The molecule has 0 aliphatic carbocycles. The van der Waals surface area contributed by atoms with E-state index >= 15 is 0 Å². The second-order valence-corrected chi connectivity index (χ2v) is 8.03. The second-order valence-electron chi connectivity index (χ2n) is 5.79. The number of nitrogens with zero attached hydrogens (tertiary/aromatic N) is 1. The molecule has 1 aromatic rings. The van der Waals surface area contributed by atoms with E-state index in [9.17, 15) is 18.0 Å². The number of hydrogen-bond donors (Lipinski definition) is 1. The number of sulfone groups is 1. The van der Waals surface area contributed by atoms with Crippen molar-refractivity contribution in [2.24, 2.45) is 0 Å². The van der Waals surface area contributed by atoms with Crippen LogP contribution in [0.1, 0.15) is 25.8 Å². The zero-order valence-electron chi connectivity index (χ0n) is 12.8. The number of carbonyl (C=O) groups excluding carboxylic acids is 1. The minimum Gasteiger partial charge on any atom is -0.480 e. The van der Waals surface area contributed by atoms with Gasteiger partial charge in [-0.1, -0.05) is 19.6 Å². The Morgan fingerprint density at radius 1 is 1.32 bits per heavy atom. The van der Waals surface area contributed by atoms with E-state index in [4.69, 9.17) is 14.6 Å². The summed E-state index contributed by atoms with van der Waals surface area (Å²) in [6, 6.07) is 6.13. The van der Waals surface area contributed by atoms with Crippen LogP contribution in [0.3, 0.4) is 0 Å².